The standard InChI is InChI=1S/C11H12N2O2/c1-13-9-4-3-8(12)5-7(9)6-10(13)11(14)15-2/h3-6H,12H2,1-2H3. The van der Waals surface area contributed by atoms with E-state index in [-0.39, 0.29) is 5.97 Å². The molecule has 0 aliphatic rings. The lowest BCUT2D eigenvalue weighted by atomic mass is 10.2. The molecule has 0 saturated heterocycles. The second kappa shape index (κ2) is 3.31. The number of nitrogen functional groups attached to an aromatic ring is 1. The molecule has 4 nitrogen and oxygen atoms in total. The van der Waals surface area contributed by atoms with Gasteiger partial charge in [0.05, 0.1) is 7.11 Å². The summed E-state index contributed by atoms with van der Waals surface area (Å²) in [5, 5.41) is 0.943. The van der Waals surface area contributed by atoms with Crippen molar-refractivity contribution in [2.75, 3.05) is 12.8 Å². The summed E-state index contributed by atoms with van der Waals surface area (Å²) in [6.45, 7) is 0. The second-order valence-corrected chi connectivity index (χ2v) is 3.40. The van der Waals surface area contributed by atoms with Crippen LogP contribution in [0.25, 0.3) is 10.9 Å². The number of hydrogen-bond acceptors (Lipinski definition) is 3. The van der Waals surface area contributed by atoms with Gasteiger partial charge in [0.25, 0.3) is 0 Å². The van der Waals surface area contributed by atoms with Crippen molar-refractivity contribution in [3.05, 3.63) is 30.0 Å². The largest absolute Gasteiger partial charge is 0.464 e. The number of anilines is 1. The van der Waals surface area contributed by atoms with Gasteiger partial charge in [0, 0.05) is 23.6 Å². The zero-order valence-corrected chi connectivity index (χ0v) is 8.65. The van der Waals surface area contributed by atoms with Crippen LogP contribution in [-0.4, -0.2) is 17.6 Å². The molecule has 0 atom stereocenters. The van der Waals surface area contributed by atoms with Crippen molar-refractivity contribution >= 4 is 22.6 Å². The Labute approximate surface area is 87.2 Å². The Kier molecular flexibility index (Phi) is 2.11. The van der Waals surface area contributed by atoms with E-state index in [2.05, 4.69) is 4.74 Å². The third kappa shape index (κ3) is 1.44. The first kappa shape index (κ1) is 9.58. The summed E-state index contributed by atoms with van der Waals surface area (Å²) >= 11 is 0. The van der Waals surface area contributed by atoms with Crippen LogP contribution in [0.4, 0.5) is 5.69 Å². The molecule has 2 aromatic rings. The molecule has 0 radical (unpaired) electrons. The Morgan fingerprint density at radius 2 is 2.13 bits per heavy atom. The summed E-state index contributed by atoms with van der Waals surface area (Å²) < 4.78 is 6.48. The number of esters is 1. The van der Waals surface area contributed by atoms with Gasteiger partial charge in [-0.2, -0.15) is 0 Å². The van der Waals surface area contributed by atoms with Crippen LogP contribution in [0, 0.1) is 0 Å². The number of carbonyl (C=O) groups is 1. The Bertz CT molecular complexity index is 529. The second-order valence-electron chi connectivity index (χ2n) is 3.40. The lowest BCUT2D eigenvalue weighted by molar-refractivity contribution is 0.0590. The van der Waals surface area contributed by atoms with Gasteiger partial charge in [-0.25, -0.2) is 4.79 Å². The van der Waals surface area contributed by atoms with E-state index in [1.807, 2.05) is 25.2 Å². The number of nitrogens with zero attached hydrogens (tertiary/aromatic N) is 1. The molecule has 1 aromatic heterocycles. The van der Waals surface area contributed by atoms with Crippen LogP contribution in [0.2, 0.25) is 0 Å². The van der Waals surface area contributed by atoms with Crippen LogP contribution in [-0.2, 0) is 11.8 Å². The van der Waals surface area contributed by atoms with E-state index >= 15 is 0 Å². The molecule has 0 unspecified atom stereocenters. The van der Waals surface area contributed by atoms with Crippen LogP contribution in [0.5, 0.6) is 0 Å². The minimum atomic E-state index is -0.340. The topological polar surface area (TPSA) is 57.2 Å². The molecule has 4 heteroatoms. The molecule has 15 heavy (non-hydrogen) atoms. The van der Waals surface area contributed by atoms with Gasteiger partial charge in [-0.1, -0.05) is 0 Å². The highest BCUT2D eigenvalue weighted by atomic mass is 16.5. The SMILES string of the molecule is COC(=O)c1cc2cc(N)ccc2n1C. The number of carbonyl (C=O) groups excluding carboxylic acids is 1. The lowest BCUT2D eigenvalue weighted by Gasteiger charge is -2.01. The van der Waals surface area contributed by atoms with E-state index in [0.717, 1.165) is 10.9 Å². The number of rotatable bonds is 1. The molecular weight excluding hydrogens is 192 g/mol. The zero-order valence-electron chi connectivity index (χ0n) is 8.65. The van der Waals surface area contributed by atoms with Crippen molar-refractivity contribution in [1.29, 1.82) is 0 Å². The van der Waals surface area contributed by atoms with Crippen molar-refractivity contribution in [2.45, 2.75) is 0 Å². The van der Waals surface area contributed by atoms with Gasteiger partial charge >= 0.3 is 5.97 Å². The fourth-order valence-corrected chi connectivity index (χ4v) is 1.67. The molecular formula is C11H12N2O2. The normalized spacial score (nSPS) is 10.5. The molecule has 2 N–H and O–H groups in total. The third-order valence-corrected chi connectivity index (χ3v) is 2.46. The highest BCUT2D eigenvalue weighted by Crippen LogP contribution is 2.21. The van der Waals surface area contributed by atoms with Crippen molar-refractivity contribution < 1.29 is 9.53 Å². The lowest BCUT2D eigenvalue weighted by Crippen LogP contribution is -2.06. The maximum absolute atomic E-state index is 11.4. The van der Waals surface area contributed by atoms with Gasteiger partial charge in [0.1, 0.15) is 5.69 Å². The Morgan fingerprint density at radius 3 is 2.80 bits per heavy atom. The number of benzene rings is 1. The number of methoxy groups -OCH3 is 1. The fraction of sp³-hybridized carbons (Fsp3) is 0.182. The highest BCUT2D eigenvalue weighted by Gasteiger charge is 2.13. The highest BCUT2D eigenvalue weighted by molar-refractivity contribution is 5.96. The molecule has 0 saturated carbocycles. The van der Waals surface area contributed by atoms with E-state index in [0.29, 0.717) is 11.4 Å². The minimum Gasteiger partial charge on any atom is -0.464 e. The Morgan fingerprint density at radius 1 is 1.40 bits per heavy atom. The first-order chi connectivity index (χ1) is 7.13. The molecule has 0 fully saturated rings. The average molecular weight is 204 g/mol. The molecule has 78 valence electrons. The average Bonchev–Trinajstić information content (AvgIpc) is 2.54. The summed E-state index contributed by atoms with van der Waals surface area (Å²) in [6.07, 6.45) is 0. The van der Waals surface area contributed by atoms with E-state index in [1.54, 1.807) is 10.6 Å². The first-order valence-electron chi connectivity index (χ1n) is 4.56. The van der Waals surface area contributed by atoms with Crippen molar-refractivity contribution in [1.82, 2.24) is 4.57 Å². The summed E-state index contributed by atoms with van der Waals surface area (Å²) in [6, 6.07) is 7.31. The number of fused-ring (bicyclic) bond motifs is 1. The fourth-order valence-electron chi connectivity index (χ4n) is 1.67. The van der Waals surface area contributed by atoms with Crippen LogP contribution >= 0.6 is 0 Å². The molecule has 0 spiro atoms. The molecule has 0 amide bonds. The van der Waals surface area contributed by atoms with Crippen LogP contribution in [0.15, 0.2) is 24.3 Å². The summed E-state index contributed by atoms with van der Waals surface area (Å²) in [5.74, 6) is -0.340. The zero-order chi connectivity index (χ0) is 11.0. The van der Waals surface area contributed by atoms with Crippen molar-refractivity contribution in [3.63, 3.8) is 0 Å². The van der Waals surface area contributed by atoms with Gasteiger partial charge in [-0.3, -0.25) is 0 Å². The van der Waals surface area contributed by atoms with E-state index in [9.17, 15) is 4.79 Å². The molecule has 0 bridgehead atoms. The maximum atomic E-state index is 11.4. The number of hydrogen-bond donors (Lipinski definition) is 1. The van der Waals surface area contributed by atoms with Crippen LogP contribution in [0.3, 0.4) is 0 Å². The maximum Gasteiger partial charge on any atom is 0.354 e. The molecule has 0 aliphatic carbocycles. The monoisotopic (exact) mass is 204 g/mol. The number of ether oxygens (including phenoxy) is 1. The van der Waals surface area contributed by atoms with E-state index in [1.165, 1.54) is 7.11 Å². The predicted octanol–water partition coefficient (Wildman–Crippen LogP) is 1.55. The molecule has 1 heterocycles. The van der Waals surface area contributed by atoms with Crippen LogP contribution in [0.1, 0.15) is 10.5 Å². The Balaban J connectivity index is 2.69. The van der Waals surface area contributed by atoms with Gasteiger partial charge in [0.15, 0.2) is 0 Å². The molecule has 1 aromatic carbocycles. The minimum absolute atomic E-state index is 0.340. The smallest absolute Gasteiger partial charge is 0.354 e. The van der Waals surface area contributed by atoms with E-state index < -0.39 is 0 Å². The number of aryl methyl sites for hydroxylation is 1. The van der Waals surface area contributed by atoms with Gasteiger partial charge in [0.2, 0.25) is 0 Å². The predicted molar refractivity (Wildman–Crippen MR) is 58.7 cm³/mol. The quantitative estimate of drug-likeness (QED) is 0.566. The summed E-state index contributed by atoms with van der Waals surface area (Å²) in [4.78, 5) is 11.4. The number of nitrogens with two attached hydrogens (primary N) is 1. The Hall–Kier alpha value is -1.97. The first-order valence-corrected chi connectivity index (χ1v) is 4.56. The molecule has 2 rings (SSSR count). The third-order valence-electron chi connectivity index (χ3n) is 2.46. The number of aromatic nitrogens is 1. The molecule has 0 aliphatic heterocycles. The van der Waals surface area contributed by atoms with Crippen molar-refractivity contribution in [2.24, 2.45) is 7.05 Å². The van der Waals surface area contributed by atoms with E-state index in [4.69, 9.17) is 5.73 Å². The van der Waals surface area contributed by atoms with Gasteiger partial charge in [-0.05, 0) is 24.3 Å². The summed E-state index contributed by atoms with van der Waals surface area (Å²) in [7, 11) is 3.19. The van der Waals surface area contributed by atoms with Crippen molar-refractivity contribution in [3.8, 4) is 0 Å². The summed E-state index contributed by atoms with van der Waals surface area (Å²) in [5.41, 5.74) is 7.84. The van der Waals surface area contributed by atoms with Crippen LogP contribution < -0.4 is 5.73 Å². The van der Waals surface area contributed by atoms with Gasteiger partial charge < -0.3 is 15.0 Å². The van der Waals surface area contributed by atoms with Gasteiger partial charge in [-0.15, -0.1) is 0 Å².